The number of furan rings is 1. The number of carbonyl (C=O) groups excluding carboxylic acids is 2. The van der Waals surface area contributed by atoms with Crippen LogP contribution in [0.4, 0.5) is 5.69 Å². The maximum absolute atomic E-state index is 13.4. The van der Waals surface area contributed by atoms with Crippen molar-refractivity contribution in [2.45, 2.75) is 19.4 Å². The molecule has 1 fully saturated rings. The first kappa shape index (κ1) is 21.8. The van der Waals surface area contributed by atoms with Gasteiger partial charge in [0.05, 0.1) is 0 Å². The Morgan fingerprint density at radius 2 is 1.53 bits per heavy atom. The summed E-state index contributed by atoms with van der Waals surface area (Å²) < 4.78 is 12.0. The number of nitrogens with zero attached hydrogens (tertiary/aromatic N) is 1. The molecular weight excluding hydrogens is 428 g/mol. The lowest BCUT2D eigenvalue weighted by Crippen LogP contribution is -2.41. The summed E-state index contributed by atoms with van der Waals surface area (Å²) in [5.41, 5.74) is 2.19. The number of likely N-dealkylation sites (tertiary alicyclic amines) is 1. The number of benzene rings is 3. The monoisotopic (exact) mass is 454 g/mol. The number of anilines is 1. The molecule has 2 heterocycles. The van der Waals surface area contributed by atoms with Crippen LogP contribution in [0.3, 0.4) is 0 Å². The fourth-order valence-corrected chi connectivity index (χ4v) is 4.34. The number of para-hydroxylation sites is 3. The molecule has 6 nitrogen and oxygen atoms in total. The molecule has 1 aromatic heterocycles. The number of fused-ring (bicyclic) bond motifs is 1. The average molecular weight is 455 g/mol. The summed E-state index contributed by atoms with van der Waals surface area (Å²) >= 11 is 0. The van der Waals surface area contributed by atoms with Gasteiger partial charge in [-0.05, 0) is 43.2 Å². The molecule has 2 amide bonds. The minimum atomic E-state index is -0.162. The van der Waals surface area contributed by atoms with E-state index >= 15 is 0 Å². The quantitative estimate of drug-likeness (QED) is 0.417. The number of amides is 2. The molecule has 3 aromatic carbocycles. The van der Waals surface area contributed by atoms with Crippen LogP contribution in [-0.2, 0) is 11.4 Å². The Labute approximate surface area is 198 Å². The lowest BCUT2D eigenvalue weighted by atomic mass is 9.95. The predicted octanol–water partition coefficient (Wildman–Crippen LogP) is 5.50. The molecule has 0 bridgehead atoms. The van der Waals surface area contributed by atoms with Gasteiger partial charge < -0.3 is 19.4 Å². The average Bonchev–Trinajstić information content (AvgIpc) is 3.27. The van der Waals surface area contributed by atoms with Gasteiger partial charge in [0.2, 0.25) is 5.91 Å². The van der Waals surface area contributed by atoms with Crippen molar-refractivity contribution < 1.29 is 18.7 Å². The van der Waals surface area contributed by atoms with Crippen LogP contribution in [0.2, 0.25) is 0 Å². The van der Waals surface area contributed by atoms with Crippen LogP contribution in [0, 0.1) is 5.92 Å². The van der Waals surface area contributed by atoms with Crippen LogP contribution >= 0.6 is 0 Å². The number of carbonyl (C=O) groups is 2. The first-order valence-electron chi connectivity index (χ1n) is 11.5. The van der Waals surface area contributed by atoms with Gasteiger partial charge in [0.1, 0.15) is 17.9 Å². The predicted molar refractivity (Wildman–Crippen MR) is 131 cm³/mol. The highest BCUT2D eigenvalue weighted by atomic mass is 16.5. The summed E-state index contributed by atoms with van der Waals surface area (Å²) in [5.74, 6) is 0.755. The Morgan fingerprint density at radius 3 is 2.26 bits per heavy atom. The lowest BCUT2D eigenvalue weighted by molar-refractivity contribution is -0.121. The molecule has 0 spiro atoms. The number of hydrogen-bond donors (Lipinski definition) is 1. The van der Waals surface area contributed by atoms with Crippen LogP contribution in [0.25, 0.3) is 11.0 Å². The lowest BCUT2D eigenvalue weighted by Gasteiger charge is -2.31. The van der Waals surface area contributed by atoms with E-state index in [1.54, 1.807) is 4.90 Å². The van der Waals surface area contributed by atoms with Gasteiger partial charge in [0, 0.05) is 35.6 Å². The van der Waals surface area contributed by atoms with Gasteiger partial charge in [-0.15, -0.1) is 0 Å². The molecule has 0 radical (unpaired) electrons. The van der Waals surface area contributed by atoms with E-state index in [9.17, 15) is 9.59 Å². The van der Waals surface area contributed by atoms with Gasteiger partial charge >= 0.3 is 0 Å². The van der Waals surface area contributed by atoms with Crippen molar-refractivity contribution in [3.8, 4) is 5.75 Å². The van der Waals surface area contributed by atoms with Gasteiger partial charge in [0.15, 0.2) is 5.76 Å². The molecular formula is C28H26N2O4. The van der Waals surface area contributed by atoms with E-state index in [4.69, 9.17) is 9.15 Å². The maximum atomic E-state index is 13.4. The van der Waals surface area contributed by atoms with Gasteiger partial charge in [-0.3, -0.25) is 9.59 Å². The second kappa shape index (κ2) is 9.83. The Balaban J connectivity index is 1.28. The molecule has 1 aliphatic rings. The van der Waals surface area contributed by atoms with Crippen LogP contribution in [-0.4, -0.2) is 29.8 Å². The first-order valence-corrected chi connectivity index (χ1v) is 11.5. The van der Waals surface area contributed by atoms with E-state index in [2.05, 4.69) is 5.32 Å². The van der Waals surface area contributed by atoms with Crippen molar-refractivity contribution in [3.05, 3.63) is 96.3 Å². The van der Waals surface area contributed by atoms with E-state index in [0.29, 0.717) is 37.3 Å². The number of rotatable bonds is 6. The van der Waals surface area contributed by atoms with Gasteiger partial charge in [-0.1, -0.05) is 54.6 Å². The molecule has 172 valence electrons. The highest BCUT2D eigenvalue weighted by Gasteiger charge is 2.31. The normalized spacial score (nSPS) is 14.2. The molecule has 0 atom stereocenters. The second-order valence-corrected chi connectivity index (χ2v) is 8.43. The highest BCUT2D eigenvalue weighted by Crippen LogP contribution is 2.30. The van der Waals surface area contributed by atoms with E-state index in [1.165, 1.54) is 0 Å². The zero-order valence-corrected chi connectivity index (χ0v) is 18.8. The zero-order valence-electron chi connectivity index (χ0n) is 18.8. The largest absolute Gasteiger partial charge is 0.489 e. The first-order chi connectivity index (χ1) is 16.7. The summed E-state index contributed by atoms with van der Waals surface area (Å²) in [6.45, 7) is 1.24. The smallest absolute Gasteiger partial charge is 0.290 e. The molecule has 34 heavy (non-hydrogen) atoms. The fraction of sp³-hybridized carbons (Fsp3) is 0.214. The van der Waals surface area contributed by atoms with Crippen LogP contribution in [0.1, 0.15) is 29.0 Å². The Morgan fingerprint density at radius 1 is 0.882 bits per heavy atom. The Kier molecular flexibility index (Phi) is 6.29. The molecule has 0 aliphatic carbocycles. The van der Waals surface area contributed by atoms with Crippen molar-refractivity contribution in [1.82, 2.24) is 4.90 Å². The number of piperidine rings is 1. The molecule has 1 saturated heterocycles. The van der Waals surface area contributed by atoms with E-state index in [1.807, 2.05) is 84.9 Å². The van der Waals surface area contributed by atoms with Gasteiger partial charge in [-0.25, -0.2) is 0 Å². The summed E-state index contributed by atoms with van der Waals surface area (Å²) in [4.78, 5) is 27.9. The summed E-state index contributed by atoms with van der Waals surface area (Å²) in [6.07, 6.45) is 1.22. The third-order valence-corrected chi connectivity index (χ3v) is 6.21. The van der Waals surface area contributed by atoms with Gasteiger partial charge in [-0.2, -0.15) is 0 Å². The number of ether oxygens (including phenoxy) is 1. The van der Waals surface area contributed by atoms with Crippen molar-refractivity contribution in [2.24, 2.45) is 5.92 Å². The highest BCUT2D eigenvalue weighted by molar-refractivity contribution is 5.99. The summed E-state index contributed by atoms with van der Waals surface area (Å²) in [7, 11) is 0. The van der Waals surface area contributed by atoms with Crippen molar-refractivity contribution in [2.75, 3.05) is 18.4 Å². The van der Waals surface area contributed by atoms with Crippen molar-refractivity contribution in [1.29, 1.82) is 0 Å². The minimum Gasteiger partial charge on any atom is -0.489 e. The van der Waals surface area contributed by atoms with E-state index in [-0.39, 0.29) is 24.3 Å². The summed E-state index contributed by atoms with van der Waals surface area (Å²) in [5, 5.41) is 3.84. The van der Waals surface area contributed by atoms with Crippen LogP contribution < -0.4 is 10.1 Å². The van der Waals surface area contributed by atoms with E-state index in [0.717, 1.165) is 22.4 Å². The zero-order chi connectivity index (χ0) is 23.3. The van der Waals surface area contributed by atoms with Crippen LogP contribution in [0.5, 0.6) is 5.75 Å². The minimum absolute atomic E-state index is 0.000939. The summed E-state index contributed by atoms with van der Waals surface area (Å²) in [6, 6.07) is 26.6. The molecule has 1 aliphatic heterocycles. The number of hydrogen-bond acceptors (Lipinski definition) is 4. The van der Waals surface area contributed by atoms with E-state index < -0.39 is 0 Å². The third kappa shape index (κ3) is 4.66. The SMILES string of the molecule is O=C(Nc1ccccc1)C1CCN(C(=O)c2oc3ccccc3c2COc2ccccc2)CC1. The molecule has 6 heteroatoms. The molecule has 0 unspecified atom stereocenters. The Hall–Kier alpha value is -4.06. The fourth-order valence-electron chi connectivity index (χ4n) is 4.34. The standard InChI is InChI=1S/C28H26N2O4/c31-27(29-21-9-3-1-4-10-21)20-15-17-30(18-16-20)28(32)26-24(19-33-22-11-5-2-6-12-22)23-13-7-8-14-25(23)34-26/h1-14,20H,15-19H2,(H,29,31). The van der Waals surface area contributed by atoms with Crippen molar-refractivity contribution in [3.63, 3.8) is 0 Å². The maximum Gasteiger partial charge on any atom is 0.290 e. The number of nitrogens with one attached hydrogen (secondary N) is 1. The third-order valence-electron chi connectivity index (χ3n) is 6.21. The second-order valence-electron chi connectivity index (χ2n) is 8.43. The molecule has 0 saturated carbocycles. The van der Waals surface area contributed by atoms with Gasteiger partial charge in [0.25, 0.3) is 5.91 Å². The van der Waals surface area contributed by atoms with Crippen LogP contribution in [0.15, 0.2) is 89.3 Å². The molecule has 4 aromatic rings. The Bertz CT molecular complexity index is 1280. The molecule has 5 rings (SSSR count). The topological polar surface area (TPSA) is 71.8 Å². The van der Waals surface area contributed by atoms with Crippen molar-refractivity contribution >= 4 is 28.5 Å². The molecule has 1 N–H and O–H groups in total.